The zero-order valence-corrected chi connectivity index (χ0v) is 9.35. The number of hydrogen-bond donors (Lipinski definition) is 2. The normalized spacial score (nSPS) is 10.8. The molecule has 0 amide bonds. The average molecular weight is 245 g/mol. The van der Waals surface area contributed by atoms with Gasteiger partial charge in [-0.1, -0.05) is 0 Å². The summed E-state index contributed by atoms with van der Waals surface area (Å²) in [7, 11) is 0. The molecule has 7 nitrogen and oxygen atoms in total. The van der Waals surface area contributed by atoms with Crippen LogP contribution in [-0.4, -0.2) is 29.9 Å². The number of aromatic amines is 1. The van der Waals surface area contributed by atoms with Crippen molar-refractivity contribution in [3.05, 3.63) is 25.0 Å². The van der Waals surface area contributed by atoms with E-state index in [0.717, 1.165) is 10.5 Å². The second kappa shape index (κ2) is 3.98. The van der Waals surface area contributed by atoms with Crippen LogP contribution in [0.5, 0.6) is 0 Å². The van der Waals surface area contributed by atoms with E-state index in [-0.39, 0.29) is 0 Å². The molecular formula is C9H7N7S. The van der Waals surface area contributed by atoms with Gasteiger partial charge in [0.1, 0.15) is 27.7 Å². The molecule has 3 aromatic heterocycles. The molecule has 0 aliphatic rings. The van der Waals surface area contributed by atoms with Gasteiger partial charge in [0.25, 0.3) is 0 Å². The van der Waals surface area contributed by atoms with Gasteiger partial charge in [0, 0.05) is 0 Å². The highest BCUT2D eigenvalue weighted by atomic mass is 32.2. The van der Waals surface area contributed by atoms with Crippen molar-refractivity contribution < 1.29 is 0 Å². The minimum atomic E-state index is 0.380. The molecule has 0 aliphatic carbocycles. The first kappa shape index (κ1) is 9.97. The van der Waals surface area contributed by atoms with Gasteiger partial charge in [-0.3, -0.25) is 4.98 Å². The van der Waals surface area contributed by atoms with Gasteiger partial charge in [-0.2, -0.15) is 0 Å². The molecule has 17 heavy (non-hydrogen) atoms. The van der Waals surface area contributed by atoms with Crippen molar-refractivity contribution in [2.45, 2.75) is 10.1 Å². The van der Waals surface area contributed by atoms with Crippen molar-refractivity contribution in [1.29, 1.82) is 0 Å². The Morgan fingerprint density at radius 3 is 3.00 bits per heavy atom. The molecule has 0 aliphatic heterocycles. The van der Waals surface area contributed by atoms with Crippen LogP contribution >= 0.6 is 11.8 Å². The first-order valence-electron chi connectivity index (χ1n) is 4.72. The maximum Gasteiger partial charge on any atom is 0.181 e. The van der Waals surface area contributed by atoms with E-state index in [1.807, 2.05) is 0 Å². The summed E-state index contributed by atoms with van der Waals surface area (Å²) in [4.78, 5) is 23.4. The van der Waals surface area contributed by atoms with Crippen LogP contribution in [0.3, 0.4) is 0 Å². The standard InChI is InChI=1S/C9H7N7S/c10-5-1-11-2-6(16-5)17-9-7-8(13-3-12-7)14-4-15-9/h1-4H,(H2,10,16)(H,12,13,14,15). The monoisotopic (exact) mass is 245 g/mol. The molecule has 0 fully saturated rings. The van der Waals surface area contributed by atoms with E-state index in [0.29, 0.717) is 16.5 Å². The number of nitrogens with two attached hydrogens (primary N) is 1. The molecule has 3 heterocycles. The average Bonchev–Trinajstić information content (AvgIpc) is 2.78. The van der Waals surface area contributed by atoms with Crippen LogP contribution in [0, 0.1) is 0 Å². The smallest absolute Gasteiger partial charge is 0.181 e. The summed E-state index contributed by atoms with van der Waals surface area (Å²) in [5, 5.41) is 1.42. The van der Waals surface area contributed by atoms with Crippen molar-refractivity contribution in [2.75, 3.05) is 5.73 Å². The zero-order chi connectivity index (χ0) is 11.7. The number of nitrogens with one attached hydrogen (secondary N) is 1. The molecule has 0 aromatic carbocycles. The number of nitrogen functional groups attached to an aromatic ring is 1. The summed E-state index contributed by atoms with van der Waals surface area (Å²) in [6, 6.07) is 0. The van der Waals surface area contributed by atoms with Crippen molar-refractivity contribution in [3.63, 3.8) is 0 Å². The first-order valence-corrected chi connectivity index (χ1v) is 5.54. The van der Waals surface area contributed by atoms with E-state index < -0.39 is 0 Å². The molecule has 0 atom stereocenters. The highest BCUT2D eigenvalue weighted by molar-refractivity contribution is 7.99. The molecule has 0 unspecified atom stereocenters. The molecule has 0 spiro atoms. The van der Waals surface area contributed by atoms with Gasteiger partial charge in [-0.25, -0.2) is 19.9 Å². The lowest BCUT2D eigenvalue weighted by Crippen LogP contribution is -1.93. The van der Waals surface area contributed by atoms with E-state index in [2.05, 4.69) is 29.9 Å². The minimum Gasteiger partial charge on any atom is -0.382 e. The molecule has 3 rings (SSSR count). The molecule has 0 saturated carbocycles. The molecule has 84 valence electrons. The predicted molar refractivity (Wildman–Crippen MR) is 62.3 cm³/mol. The van der Waals surface area contributed by atoms with Crippen LogP contribution in [-0.2, 0) is 0 Å². The number of anilines is 1. The first-order chi connectivity index (χ1) is 8.33. The SMILES string of the molecule is Nc1cncc(Sc2ncnc3nc[nH]c23)n1. The summed E-state index contributed by atoms with van der Waals surface area (Å²) >= 11 is 1.36. The summed E-state index contributed by atoms with van der Waals surface area (Å²) in [5.74, 6) is 0.380. The van der Waals surface area contributed by atoms with Gasteiger partial charge < -0.3 is 10.7 Å². The number of aromatic nitrogens is 6. The number of rotatable bonds is 2. The van der Waals surface area contributed by atoms with Crippen LogP contribution in [0.15, 0.2) is 35.1 Å². The fraction of sp³-hybridized carbons (Fsp3) is 0. The Hall–Kier alpha value is -2.22. The molecule has 0 saturated heterocycles. The Bertz CT molecular complexity index is 665. The van der Waals surface area contributed by atoms with Gasteiger partial charge in [-0.05, 0) is 11.8 Å². The third-order valence-corrected chi connectivity index (χ3v) is 2.93. The summed E-state index contributed by atoms with van der Waals surface area (Å²) in [6.07, 6.45) is 6.17. The highest BCUT2D eigenvalue weighted by Crippen LogP contribution is 2.27. The van der Waals surface area contributed by atoms with E-state index in [1.54, 1.807) is 12.5 Å². The fourth-order valence-electron chi connectivity index (χ4n) is 1.33. The summed E-state index contributed by atoms with van der Waals surface area (Å²) < 4.78 is 0. The van der Waals surface area contributed by atoms with E-state index in [1.165, 1.54) is 24.3 Å². The highest BCUT2D eigenvalue weighted by Gasteiger charge is 2.08. The zero-order valence-electron chi connectivity index (χ0n) is 8.53. The third-order valence-electron chi connectivity index (χ3n) is 2.02. The Kier molecular flexibility index (Phi) is 2.33. The quantitative estimate of drug-likeness (QED) is 0.645. The molecule has 3 N–H and O–H groups in total. The molecule has 0 bridgehead atoms. The summed E-state index contributed by atoms with van der Waals surface area (Å²) in [6.45, 7) is 0. The number of H-pyrrole nitrogens is 1. The van der Waals surface area contributed by atoms with Gasteiger partial charge in [0.15, 0.2) is 5.65 Å². The van der Waals surface area contributed by atoms with Crippen LogP contribution in [0.4, 0.5) is 5.82 Å². The van der Waals surface area contributed by atoms with E-state index in [4.69, 9.17) is 5.73 Å². The lowest BCUT2D eigenvalue weighted by atomic mass is 10.6. The Morgan fingerprint density at radius 1 is 1.18 bits per heavy atom. The maximum absolute atomic E-state index is 5.57. The minimum absolute atomic E-state index is 0.380. The lowest BCUT2D eigenvalue weighted by Gasteiger charge is -2.00. The molecule has 8 heteroatoms. The predicted octanol–water partition coefficient (Wildman–Crippen LogP) is 0.876. The number of hydrogen-bond acceptors (Lipinski definition) is 7. The van der Waals surface area contributed by atoms with Crippen LogP contribution in [0.25, 0.3) is 11.2 Å². The van der Waals surface area contributed by atoms with Crippen LogP contribution < -0.4 is 5.73 Å². The maximum atomic E-state index is 5.57. The third kappa shape index (κ3) is 1.89. The van der Waals surface area contributed by atoms with Crippen molar-refractivity contribution in [1.82, 2.24) is 29.9 Å². The van der Waals surface area contributed by atoms with Crippen LogP contribution in [0.2, 0.25) is 0 Å². The largest absolute Gasteiger partial charge is 0.382 e. The van der Waals surface area contributed by atoms with E-state index in [9.17, 15) is 0 Å². The molecule has 0 radical (unpaired) electrons. The Balaban J connectivity index is 2.02. The van der Waals surface area contributed by atoms with Gasteiger partial charge in [0.05, 0.1) is 18.7 Å². The van der Waals surface area contributed by atoms with Crippen molar-refractivity contribution in [2.24, 2.45) is 0 Å². The summed E-state index contributed by atoms with van der Waals surface area (Å²) in [5.41, 5.74) is 6.97. The second-order valence-electron chi connectivity index (χ2n) is 3.16. The number of fused-ring (bicyclic) bond motifs is 1. The number of nitrogens with zero attached hydrogens (tertiary/aromatic N) is 5. The van der Waals surface area contributed by atoms with Crippen molar-refractivity contribution >= 4 is 28.7 Å². The molecular weight excluding hydrogens is 238 g/mol. The van der Waals surface area contributed by atoms with Gasteiger partial charge in [0.2, 0.25) is 0 Å². The van der Waals surface area contributed by atoms with Gasteiger partial charge >= 0.3 is 0 Å². The second-order valence-corrected chi connectivity index (χ2v) is 4.17. The lowest BCUT2D eigenvalue weighted by molar-refractivity contribution is 1.04. The van der Waals surface area contributed by atoms with E-state index >= 15 is 0 Å². The Morgan fingerprint density at radius 2 is 2.12 bits per heavy atom. The Labute approximate surface area is 99.9 Å². The molecule has 3 aromatic rings. The fourth-order valence-corrected chi connectivity index (χ4v) is 2.15. The number of imidazole rings is 1. The topological polar surface area (TPSA) is 106 Å². The van der Waals surface area contributed by atoms with Crippen LogP contribution in [0.1, 0.15) is 0 Å². The van der Waals surface area contributed by atoms with Crippen molar-refractivity contribution in [3.8, 4) is 0 Å². The van der Waals surface area contributed by atoms with Gasteiger partial charge in [-0.15, -0.1) is 0 Å².